The molecule has 2 aromatic heterocycles. The lowest BCUT2D eigenvalue weighted by Crippen LogP contribution is -2.47. The first-order chi connectivity index (χ1) is 16.7. The lowest BCUT2D eigenvalue weighted by molar-refractivity contribution is 0.0991. The number of benzene rings is 2. The van der Waals surface area contributed by atoms with Gasteiger partial charge < -0.3 is 23.8 Å². The predicted molar refractivity (Wildman–Crippen MR) is 131 cm³/mol. The van der Waals surface area contributed by atoms with Crippen LogP contribution in [0.25, 0.3) is 11.0 Å². The second kappa shape index (κ2) is 9.75. The highest BCUT2D eigenvalue weighted by molar-refractivity contribution is 6.08. The van der Waals surface area contributed by atoms with Crippen LogP contribution in [0.4, 0.5) is 5.69 Å². The van der Waals surface area contributed by atoms with Crippen molar-refractivity contribution in [2.75, 3.05) is 45.2 Å². The highest BCUT2D eigenvalue weighted by atomic mass is 16.5. The molecule has 1 amide bonds. The van der Waals surface area contributed by atoms with Crippen LogP contribution >= 0.6 is 0 Å². The molecule has 1 fully saturated rings. The molecule has 0 aliphatic carbocycles. The Morgan fingerprint density at radius 1 is 1.03 bits per heavy atom. The Morgan fingerprint density at radius 2 is 1.79 bits per heavy atom. The number of fused-ring (bicyclic) bond motifs is 1. The molecule has 34 heavy (non-hydrogen) atoms. The Hall–Kier alpha value is -3.55. The highest BCUT2D eigenvalue weighted by Crippen LogP contribution is 2.43. The van der Waals surface area contributed by atoms with E-state index in [9.17, 15) is 4.79 Å². The van der Waals surface area contributed by atoms with Gasteiger partial charge in [0.15, 0.2) is 11.5 Å². The molecule has 0 unspecified atom stereocenters. The molecule has 1 atom stereocenters. The van der Waals surface area contributed by atoms with Crippen LogP contribution in [0.2, 0.25) is 0 Å². The predicted octanol–water partition coefficient (Wildman–Crippen LogP) is 5.01. The number of nitrogens with zero attached hydrogens (tertiary/aromatic N) is 2. The van der Waals surface area contributed by atoms with Gasteiger partial charge in [0.2, 0.25) is 0 Å². The summed E-state index contributed by atoms with van der Waals surface area (Å²) in [6, 6.07) is 18.9. The van der Waals surface area contributed by atoms with E-state index in [2.05, 4.69) is 28.1 Å². The van der Waals surface area contributed by atoms with Gasteiger partial charge in [-0.05, 0) is 36.9 Å². The molecule has 1 N–H and O–H groups in total. The maximum atomic E-state index is 13.0. The minimum absolute atomic E-state index is 0.227. The molecule has 176 valence electrons. The zero-order chi connectivity index (χ0) is 23.5. The minimum Gasteiger partial charge on any atom is -0.496 e. The molecule has 0 radical (unpaired) electrons. The van der Waals surface area contributed by atoms with Crippen LogP contribution in [0.1, 0.15) is 34.8 Å². The van der Waals surface area contributed by atoms with E-state index >= 15 is 0 Å². The third-order valence-corrected chi connectivity index (χ3v) is 6.51. The van der Waals surface area contributed by atoms with Crippen LogP contribution in [0.15, 0.2) is 75.8 Å². The topological polar surface area (TPSA) is 71.1 Å². The molecule has 4 aromatic rings. The van der Waals surface area contributed by atoms with Crippen LogP contribution in [-0.4, -0.2) is 55.5 Å². The van der Waals surface area contributed by atoms with E-state index in [1.165, 1.54) is 6.26 Å². The number of nitrogens with one attached hydrogen (secondary N) is 1. The Bertz CT molecular complexity index is 1260. The minimum atomic E-state index is -0.313. The molecule has 0 bridgehead atoms. The molecule has 1 aliphatic heterocycles. The van der Waals surface area contributed by atoms with Crippen molar-refractivity contribution in [1.82, 2.24) is 9.80 Å². The summed E-state index contributed by atoms with van der Waals surface area (Å²) < 4.78 is 17.6. The molecular formula is C27H29N3O4. The maximum absolute atomic E-state index is 13.0. The van der Waals surface area contributed by atoms with Crippen molar-refractivity contribution in [3.05, 3.63) is 84.0 Å². The number of methoxy groups -OCH3 is 1. The summed E-state index contributed by atoms with van der Waals surface area (Å²) in [7, 11) is 1.68. The number of furan rings is 2. The Morgan fingerprint density at radius 3 is 2.53 bits per heavy atom. The molecule has 2 aromatic carbocycles. The van der Waals surface area contributed by atoms with Crippen LogP contribution in [0.5, 0.6) is 5.75 Å². The number of anilines is 1. The van der Waals surface area contributed by atoms with Crippen molar-refractivity contribution in [2.24, 2.45) is 0 Å². The summed E-state index contributed by atoms with van der Waals surface area (Å²) in [6.45, 7) is 6.91. The summed E-state index contributed by atoms with van der Waals surface area (Å²) in [5.41, 5.74) is 2.38. The van der Waals surface area contributed by atoms with Gasteiger partial charge in [0.05, 0.1) is 25.1 Å². The van der Waals surface area contributed by atoms with Crippen molar-refractivity contribution in [3.8, 4) is 5.75 Å². The van der Waals surface area contributed by atoms with E-state index in [0.717, 1.165) is 55.0 Å². The molecule has 3 heterocycles. The summed E-state index contributed by atoms with van der Waals surface area (Å²) >= 11 is 0. The standard InChI is InChI=1S/C27H29N3O4/c1-3-29-14-16-30(17-15-29)25(20-10-5-6-11-21(20)32-2)26-24(19-9-4-7-12-22(19)34-26)28-27(31)23-13-8-18-33-23/h4-13,18,25H,3,14-17H2,1-2H3,(H,28,31)/t25-/m0/s1. The first-order valence-corrected chi connectivity index (χ1v) is 11.6. The zero-order valence-electron chi connectivity index (χ0n) is 19.5. The normalized spacial score (nSPS) is 15.9. The summed E-state index contributed by atoms with van der Waals surface area (Å²) in [5, 5.41) is 3.93. The van der Waals surface area contributed by atoms with Crippen LogP contribution in [0.3, 0.4) is 0 Å². The molecule has 1 saturated heterocycles. The number of carbonyl (C=O) groups is 1. The van der Waals surface area contributed by atoms with Crippen LogP contribution in [-0.2, 0) is 0 Å². The van der Waals surface area contributed by atoms with E-state index < -0.39 is 0 Å². The second-order valence-electron chi connectivity index (χ2n) is 8.38. The van der Waals surface area contributed by atoms with Crippen molar-refractivity contribution in [1.29, 1.82) is 0 Å². The fourth-order valence-electron chi connectivity index (χ4n) is 4.70. The third kappa shape index (κ3) is 4.20. The van der Waals surface area contributed by atoms with E-state index in [4.69, 9.17) is 13.6 Å². The van der Waals surface area contributed by atoms with Crippen LogP contribution < -0.4 is 10.1 Å². The van der Waals surface area contributed by atoms with Gasteiger partial charge in [-0.3, -0.25) is 9.69 Å². The number of carbonyl (C=O) groups excluding carboxylic acids is 1. The first kappa shape index (κ1) is 22.3. The number of rotatable bonds is 7. The molecule has 7 nitrogen and oxygen atoms in total. The number of amides is 1. The SMILES string of the molecule is CCN1CCN([C@@H](c2ccccc2OC)c2oc3ccccc3c2NC(=O)c2ccco2)CC1. The largest absolute Gasteiger partial charge is 0.496 e. The molecule has 0 saturated carbocycles. The Labute approximate surface area is 198 Å². The smallest absolute Gasteiger partial charge is 0.291 e. The molecule has 7 heteroatoms. The van der Waals surface area contributed by atoms with Gasteiger partial charge in [-0.1, -0.05) is 37.3 Å². The average Bonchev–Trinajstić information content (AvgIpc) is 3.54. The number of hydrogen-bond acceptors (Lipinski definition) is 6. The van der Waals surface area contributed by atoms with Crippen molar-refractivity contribution in [2.45, 2.75) is 13.0 Å². The monoisotopic (exact) mass is 459 g/mol. The molecular weight excluding hydrogens is 430 g/mol. The highest BCUT2D eigenvalue weighted by Gasteiger charge is 2.34. The van der Waals surface area contributed by atoms with Gasteiger partial charge in [0.25, 0.3) is 5.91 Å². The van der Waals surface area contributed by atoms with Crippen molar-refractivity contribution >= 4 is 22.6 Å². The summed E-state index contributed by atoms with van der Waals surface area (Å²) in [4.78, 5) is 17.9. The lowest BCUT2D eigenvalue weighted by atomic mass is 9.98. The second-order valence-corrected chi connectivity index (χ2v) is 8.38. The number of piperazine rings is 1. The van der Waals surface area contributed by atoms with Gasteiger partial charge in [-0.15, -0.1) is 0 Å². The Kier molecular flexibility index (Phi) is 6.38. The quantitative estimate of drug-likeness (QED) is 0.419. The third-order valence-electron chi connectivity index (χ3n) is 6.51. The summed E-state index contributed by atoms with van der Waals surface area (Å²) in [5.74, 6) is 1.42. The van der Waals surface area contributed by atoms with E-state index in [-0.39, 0.29) is 17.7 Å². The van der Waals surface area contributed by atoms with E-state index in [1.807, 2.05) is 42.5 Å². The van der Waals surface area contributed by atoms with Gasteiger partial charge >= 0.3 is 0 Å². The maximum Gasteiger partial charge on any atom is 0.291 e. The summed E-state index contributed by atoms with van der Waals surface area (Å²) in [6.07, 6.45) is 1.49. The number of likely N-dealkylation sites (N-methyl/N-ethyl adjacent to an activating group) is 1. The number of ether oxygens (including phenoxy) is 1. The van der Waals surface area contributed by atoms with Crippen LogP contribution in [0, 0.1) is 0 Å². The first-order valence-electron chi connectivity index (χ1n) is 11.6. The van der Waals surface area contributed by atoms with Gasteiger partial charge in [-0.2, -0.15) is 0 Å². The zero-order valence-corrected chi connectivity index (χ0v) is 19.5. The lowest BCUT2D eigenvalue weighted by Gasteiger charge is -2.39. The number of para-hydroxylation sites is 2. The van der Waals surface area contributed by atoms with Gasteiger partial charge in [0, 0.05) is 37.1 Å². The van der Waals surface area contributed by atoms with Gasteiger partial charge in [0.1, 0.15) is 11.3 Å². The molecule has 0 spiro atoms. The van der Waals surface area contributed by atoms with Gasteiger partial charge in [-0.25, -0.2) is 0 Å². The fraction of sp³-hybridized carbons (Fsp3) is 0.296. The molecule has 1 aliphatic rings. The molecule has 5 rings (SSSR count). The fourth-order valence-corrected chi connectivity index (χ4v) is 4.70. The van der Waals surface area contributed by atoms with Crippen molar-refractivity contribution in [3.63, 3.8) is 0 Å². The number of hydrogen-bond donors (Lipinski definition) is 1. The van der Waals surface area contributed by atoms with Crippen molar-refractivity contribution < 1.29 is 18.4 Å². The van der Waals surface area contributed by atoms with E-state index in [0.29, 0.717) is 11.4 Å². The van der Waals surface area contributed by atoms with E-state index in [1.54, 1.807) is 19.2 Å². The average molecular weight is 460 g/mol. The Balaban J connectivity index is 1.64.